The molecule has 1 aliphatic rings. The van der Waals surface area contributed by atoms with Crippen molar-refractivity contribution in [2.75, 3.05) is 20.8 Å². The van der Waals surface area contributed by atoms with Gasteiger partial charge >= 0.3 is 6.18 Å². The van der Waals surface area contributed by atoms with Crippen molar-refractivity contribution in [3.05, 3.63) is 70.0 Å². The number of ether oxygens (including phenoxy) is 2. The second-order valence-corrected chi connectivity index (χ2v) is 7.85. The zero-order valence-electron chi connectivity index (χ0n) is 17.5. The summed E-state index contributed by atoms with van der Waals surface area (Å²) in [6.07, 6.45) is -1.91. The second-order valence-electron chi connectivity index (χ2n) is 7.48. The summed E-state index contributed by atoms with van der Waals surface area (Å²) >= 11 is 6.51. The van der Waals surface area contributed by atoms with Crippen molar-refractivity contribution in [1.82, 2.24) is 14.9 Å². The van der Waals surface area contributed by atoms with Gasteiger partial charge in [-0.2, -0.15) is 13.2 Å². The van der Waals surface area contributed by atoms with E-state index in [9.17, 15) is 13.2 Å². The zero-order valence-corrected chi connectivity index (χ0v) is 18.3. The molecule has 9 heteroatoms. The van der Waals surface area contributed by atoms with E-state index in [0.29, 0.717) is 47.4 Å². The number of alkyl halides is 3. The fraction of sp³-hybridized carbons (Fsp3) is 0.304. The molecule has 0 saturated carbocycles. The van der Waals surface area contributed by atoms with E-state index in [1.54, 1.807) is 20.4 Å². The number of hydrogen-bond acceptors (Lipinski definition) is 5. The molecule has 5 nitrogen and oxygen atoms in total. The van der Waals surface area contributed by atoms with Gasteiger partial charge in [-0.25, -0.2) is 9.97 Å². The standard InChI is InChI=1S/C23H21ClF3N3O2/c1-31-19-8-5-15(20(24)21(19)32-2)12-30-10-9-18-16(13-30)11-28-22(29-18)14-3-6-17(7-4-14)23(25,26)27/h3-8,11H,9-10,12-13H2,1-2H3. The van der Waals surface area contributed by atoms with Gasteiger partial charge in [0.25, 0.3) is 0 Å². The summed E-state index contributed by atoms with van der Waals surface area (Å²) in [7, 11) is 3.12. The van der Waals surface area contributed by atoms with E-state index in [0.717, 1.165) is 35.5 Å². The molecule has 2 heterocycles. The fourth-order valence-corrected chi connectivity index (χ4v) is 4.04. The lowest BCUT2D eigenvalue weighted by molar-refractivity contribution is -0.137. The number of aromatic nitrogens is 2. The van der Waals surface area contributed by atoms with Crippen molar-refractivity contribution in [3.8, 4) is 22.9 Å². The van der Waals surface area contributed by atoms with Gasteiger partial charge in [0.15, 0.2) is 17.3 Å². The Morgan fingerprint density at radius 3 is 2.47 bits per heavy atom. The van der Waals surface area contributed by atoms with E-state index in [2.05, 4.69) is 14.9 Å². The Hall–Kier alpha value is -2.84. The van der Waals surface area contributed by atoms with E-state index in [-0.39, 0.29) is 0 Å². The van der Waals surface area contributed by atoms with Gasteiger partial charge in [-0.15, -0.1) is 0 Å². The molecule has 0 unspecified atom stereocenters. The Labute approximate surface area is 188 Å². The number of benzene rings is 2. The van der Waals surface area contributed by atoms with Crippen molar-refractivity contribution in [2.45, 2.75) is 25.7 Å². The first-order valence-electron chi connectivity index (χ1n) is 9.94. The minimum absolute atomic E-state index is 0.425. The lowest BCUT2D eigenvalue weighted by Crippen LogP contribution is -2.31. The van der Waals surface area contributed by atoms with Gasteiger partial charge in [0.2, 0.25) is 0 Å². The molecule has 0 amide bonds. The number of methoxy groups -OCH3 is 2. The fourth-order valence-electron chi connectivity index (χ4n) is 3.75. The molecule has 1 aliphatic heterocycles. The van der Waals surface area contributed by atoms with Gasteiger partial charge in [0.1, 0.15) is 0 Å². The normalized spacial score (nSPS) is 14.2. The van der Waals surface area contributed by atoms with Crippen LogP contribution in [-0.2, 0) is 25.7 Å². The van der Waals surface area contributed by atoms with Gasteiger partial charge in [-0.3, -0.25) is 4.90 Å². The first-order chi connectivity index (χ1) is 15.3. The summed E-state index contributed by atoms with van der Waals surface area (Å²) in [5.74, 6) is 1.51. The molecule has 0 atom stereocenters. The Kier molecular flexibility index (Phi) is 6.26. The Bertz CT molecular complexity index is 1120. The van der Waals surface area contributed by atoms with Crippen LogP contribution >= 0.6 is 11.6 Å². The summed E-state index contributed by atoms with van der Waals surface area (Å²) in [4.78, 5) is 11.2. The third kappa shape index (κ3) is 4.52. The molecule has 0 radical (unpaired) electrons. The number of hydrogen-bond donors (Lipinski definition) is 0. The maximum atomic E-state index is 12.8. The van der Waals surface area contributed by atoms with E-state index in [1.807, 2.05) is 12.1 Å². The number of nitrogens with zero attached hydrogens (tertiary/aromatic N) is 3. The molecule has 0 saturated heterocycles. The molecule has 4 rings (SSSR count). The Morgan fingerprint density at radius 2 is 1.81 bits per heavy atom. The van der Waals surface area contributed by atoms with Gasteiger partial charge in [-0.1, -0.05) is 29.8 Å². The van der Waals surface area contributed by atoms with E-state index in [4.69, 9.17) is 21.1 Å². The topological polar surface area (TPSA) is 47.5 Å². The first-order valence-corrected chi connectivity index (χ1v) is 10.3. The number of rotatable bonds is 5. The maximum Gasteiger partial charge on any atom is 0.416 e. The lowest BCUT2D eigenvalue weighted by Gasteiger charge is -2.28. The predicted octanol–water partition coefficient (Wildman–Crippen LogP) is 5.39. The molecule has 3 aromatic rings. The molecule has 32 heavy (non-hydrogen) atoms. The van der Waals surface area contributed by atoms with Gasteiger partial charge in [0, 0.05) is 43.4 Å². The molecule has 0 bridgehead atoms. The molecule has 0 N–H and O–H groups in total. The van der Waals surface area contributed by atoms with Crippen molar-refractivity contribution in [1.29, 1.82) is 0 Å². The van der Waals surface area contributed by atoms with Crippen LogP contribution in [0.5, 0.6) is 11.5 Å². The molecular formula is C23H21ClF3N3O2. The summed E-state index contributed by atoms with van der Waals surface area (Å²) in [5.41, 5.74) is 2.69. The van der Waals surface area contributed by atoms with Gasteiger partial charge < -0.3 is 9.47 Å². The van der Waals surface area contributed by atoms with Crippen LogP contribution in [0.3, 0.4) is 0 Å². The molecule has 2 aromatic carbocycles. The maximum absolute atomic E-state index is 12.8. The molecular weight excluding hydrogens is 443 g/mol. The highest BCUT2D eigenvalue weighted by molar-refractivity contribution is 6.33. The highest BCUT2D eigenvalue weighted by Crippen LogP contribution is 2.38. The van der Waals surface area contributed by atoms with E-state index >= 15 is 0 Å². The van der Waals surface area contributed by atoms with Crippen LogP contribution in [0.15, 0.2) is 42.6 Å². The van der Waals surface area contributed by atoms with Crippen LogP contribution in [0.25, 0.3) is 11.4 Å². The summed E-state index contributed by atoms with van der Waals surface area (Å²) in [6.45, 7) is 2.04. The highest BCUT2D eigenvalue weighted by atomic mass is 35.5. The highest BCUT2D eigenvalue weighted by Gasteiger charge is 2.30. The zero-order chi connectivity index (χ0) is 22.9. The van der Waals surface area contributed by atoms with Crippen LogP contribution in [0.4, 0.5) is 13.2 Å². The molecule has 0 spiro atoms. The minimum atomic E-state index is -4.37. The largest absolute Gasteiger partial charge is 0.493 e. The van der Waals surface area contributed by atoms with E-state index < -0.39 is 11.7 Å². The van der Waals surface area contributed by atoms with Crippen molar-refractivity contribution < 1.29 is 22.6 Å². The molecule has 1 aromatic heterocycles. The molecule has 0 aliphatic carbocycles. The Balaban J connectivity index is 1.50. The average molecular weight is 464 g/mol. The smallest absolute Gasteiger partial charge is 0.416 e. The van der Waals surface area contributed by atoms with Crippen molar-refractivity contribution in [2.24, 2.45) is 0 Å². The number of halogens is 4. The third-order valence-electron chi connectivity index (χ3n) is 5.44. The lowest BCUT2D eigenvalue weighted by atomic mass is 10.0. The van der Waals surface area contributed by atoms with Crippen LogP contribution in [0, 0.1) is 0 Å². The van der Waals surface area contributed by atoms with Gasteiger partial charge in [0.05, 0.1) is 30.5 Å². The van der Waals surface area contributed by atoms with Crippen LogP contribution in [-0.4, -0.2) is 35.6 Å². The van der Waals surface area contributed by atoms with E-state index in [1.165, 1.54) is 12.1 Å². The summed E-state index contributed by atoms with van der Waals surface area (Å²) in [5, 5.41) is 0.520. The molecule has 0 fully saturated rings. The Morgan fingerprint density at radius 1 is 1.06 bits per heavy atom. The minimum Gasteiger partial charge on any atom is -0.493 e. The summed E-state index contributed by atoms with van der Waals surface area (Å²) in [6, 6.07) is 8.65. The van der Waals surface area contributed by atoms with Crippen LogP contribution in [0.1, 0.15) is 22.4 Å². The molecule has 168 valence electrons. The van der Waals surface area contributed by atoms with Gasteiger partial charge in [-0.05, 0) is 23.8 Å². The SMILES string of the molecule is COc1ccc(CN2CCc3nc(-c4ccc(C(F)(F)F)cc4)ncc3C2)c(Cl)c1OC. The van der Waals surface area contributed by atoms with Crippen LogP contribution < -0.4 is 9.47 Å². The predicted molar refractivity (Wildman–Crippen MR) is 115 cm³/mol. The quantitative estimate of drug-likeness (QED) is 0.507. The third-order valence-corrected chi connectivity index (χ3v) is 5.86. The van der Waals surface area contributed by atoms with Crippen molar-refractivity contribution in [3.63, 3.8) is 0 Å². The monoisotopic (exact) mass is 463 g/mol. The summed E-state index contributed by atoms with van der Waals surface area (Å²) < 4.78 is 49.0. The second kappa shape index (κ2) is 8.96. The van der Waals surface area contributed by atoms with Crippen LogP contribution in [0.2, 0.25) is 5.02 Å². The average Bonchev–Trinajstić information content (AvgIpc) is 2.79. The van der Waals surface area contributed by atoms with Crippen molar-refractivity contribution >= 4 is 11.6 Å². The number of fused-ring (bicyclic) bond motifs is 1. The first kappa shape index (κ1) is 22.4.